The number of aliphatic hydroxyl groups excluding tert-OH is 1. The zero-order valence-electron chi connectivity index (χ0n) is 18.0. The molecule has 184 valence electrons. The van der Waals surface area contributed by atoms with E-state index in [1.54, 1.807) is 23.5 Å². The van der Waals surface area contributed by atoms with E-state index >= 15 is 0 Å². The number of carbonyl (C=O) groups is 2. The average Bonchev–Trinajstić information content (AvgIpc) is 2.78. The number of hydrogen-bond acceptors (Lipinski definition) is 12. The van der Waals surface area contributed by atoms with Crippen LogP contribution in [0.5, 0.6) is 0 Å². The summed E-state index contributed by atoms with van der Waals surface area (Å²) in [6, 6.07) is 0. The minimum atomic E-state index is 0.0166. The predicted octanol–water partition coefficient (Wildman–Crippen LogP) is 0.243. The summed E-state index contributed by atoms with van der Waals surface area (Å²) < 4.78 is 36.0. The van der Waals surface area contributed by atoms with E-state index in [2.05, 4.69) is 9.47 Å². The normalized spacial score (nSPS) is 11.9. The minimum Gasteiger partial charge on any atom is -0.465 e. The largest absolute Gasteiger partial charge is 0.465 e. The zero-order chi connectivity index (χ0) is 22.7. The van der Waals surface area contributed by atoms with Crippen molar-refractivity contribution in [1.82, 2.24) is 0 Å². The second kappa shape index (κ2) is 27.4. The molecule has 0 heterocycles. The summed E-state index contributed by atoms with van der Waals surface area (Å²) in [6.45, 7) is 6.16. The Kier molecular flexibility index (Phi) is 26.9. The lowest BCUT2D eigenvalue weighted by atomic mass is 10.5. The van der Waals surface area contributed by atoms with Gasteiger partial charge in [-0.15, -0.1) is 0 Å². The van der Waals surface area contributed by atoms with Crippen LogP contribution in [0.1, 0.15) is 0 Å². The molecule has 0 aromatic carbocycles. The molecular weight excluding hydrogens is 452 g/mol. The van der Waals surface area contributed by atoms with Gasteiger partial charge in [0.2, 0.25) is 0 Å². The second-order valence-electron chi connectivity index (χ2n) is 5.75. The molecule has 0 fully saturated rings. The van der Waals surface area contributed by atoms with E-state index in [1.165, 1.54) is 0 Å². The van der Waals surface area contributed by atoms with Crippen LogP contribution in [-0.2, 0) is 42.7 Å². The van der Waals surface area contributed by atoms with Crippen molar-refractivity contribution in [3.8, 4) is 0 Å². The fourth-order valence-electron chi connectivity index (χ4n) is 1.98. The molecule has 0 aromatic rings. The van der Waals surface area contributed by atoms with Crippen molar-refractivity contribution in [3.63, 3.8) is 0 Å². The van der Waals surface area contributed by atoms with Crippen LogP contribution in [0, 0.1) is 0 Å². The van der Waals surface area contributed by atoms with Gasteiger partial charge >= 0.3 is 0 Å². The van der Waals surface area contributed by atoms with E-state index in [4.69, 9.17) is 28.8 Å². The van der Waals surface area contributed by atoms with Crippen LogP contribution in [0.3, 0.4) is 0 Å². The Hall–Kier alpha value is -0.600. The maximum Gasteiger partial charge on any atom is 0.293 e. The summed E-state index contributed by atoms with van der Waals surface area (Å²) in [5, 5.41) is 9.18. The first-order chi connectivity index (χ1) is 15.3. The quantitative estimate of drug-likeness (QED) is 0.126. The molecule has 0 aliphatic carbocycles. The van der Waals surface area contributed by atoms with Gasteiger partial charge in [-0.25, -0.2) is 0 Å². The van der Waals surface area contributed by atoms with E-state index in [0.717, 1.165) is 17.3 Å². The summed E-state index contributed by atoms with van der Waals surface area (Å²) in [4.78, 5) is 19.9. The molecule has 0 radical (unpaired) electrons. The Labute approximate surface area is 192 Å². The molecule has 0 aromatic heterocycles. The topological polar surface area (TPSA) is 119 Å². The van der Waals surface area contributed by atoms with Crippen molar-refractivity contribution in [1.29, 1.82) is 0 Å². The summed E-state index contributed by atoms with van der Waals surface area (Å²) >= 11 is 3.57. The van der Waals surface area contributed by atoms with Crippen molar-refractivity contribution in [2.24, 2.45) is 0 Å². The van der Waals surface area contributed by atoms with Crippen LogP contribution in [0.2, 0.25) is 0 Å². The van der Waals surface area contributed by atoms with E-state index in [0.29, 0.717) is 84.3 Å². The van der Waals surface area contributed by atoms with Gasteiger partial charge in [-0.05, 0) is 0 Å². The van der Waals surface area contributed by atoms with Gasteiger partial charge in [-0.1, -0.05) is 0 Å². The fourth-order valence-corrected chi connectivity index (χ4v) is 4.16. The molecule has 12 heteroatoms. The molecule has 1 unspecified atom stereocenters. The highest BCUT2D eigenvalue weighted by molar-refractivity contribution is 8.03. The van der Waals surface area contributed by atoms with Crippen molar-refractivity contribution < 1.29 is 47.9 Å². The third-order valence-corrected chi connectivity index (χ3v) is 5.85. The fraction of sp³-hybridized carbons (Fsp3) is 0.895. The van der Waals surface area contributed by atoms with Crippen LogP contribution in [0.15, 0.2) is 0 Å². The van der Waals surface area contributed by atoms with Crippen LogP contribution in [-0.4, -0.2) is 126 Å². The third-order valence-electron chi connectivity index (χ3n) is 3.37. The van der Waals surface area contributed by atoms with Gasteiger partial charge in [0.05, 0.1) is 72.7 Å². The summed E-state index contributed by atoms with van der Waals surface area (Å²) in [5.41, 5.74) is 0. The molecule has 1 N–H and O–H groups in total. The highest BCUT2D eigenvalue weighted by Crippen LogP contribution is 2.17. The van der Waals surface area contributed by atoms with Gasteiger partial charge in [-0.2, -0.15) is 23.5 Å². The lowest BCUT2D eigenvalue weighted by molar-refractivity contribution is -0.131. The van der Waals surface area contributed by atoms with Gasteiger partial charge in [0.25, 0.3) is 12.9 Å². The molecule has 0 saturated heterocycles. The van der Waals surface area contributed by atoms with Gasteiger partial charge in [0, 0.05) is 22.5 Å². The molecule has 0 saturated carbocycles. The van der Waals surface area contributed by atoms with Gasteiger partial charge < -0.3 is 38.3 Å². The third kappa shape index (κ3) is 25.5. The number of ether oxygens (including phenoxy) is 7. The van der Waals surface area contributed by atoms with Crippen molar-refractivity contribution >= 4 is 36.5 Å². The number of rotatable bonds is 27. The molecule has 1 atom stereocenters. The number of thioether (sulfide) groups is 2. The van der Waals surface area contributed by atoms with E-state index in [-0.39, 0.29) is 19.8 Å². The maximum absolute atomic E-state index is 9.97. The van der Waals surface area contributed by atoms with Gasteiger partial charge in [0.15, 0.2) is 0 Å². The van der Waals surface area contributed by atoms with Gasteiger partial charge in [0.1, 0.15) is 13.2 Å². The molecule has 0 amide bonds. The Balaban J connectivity index is 3.62. The number of hydrogen-bond donors (Lipinski definition) is 1. The lowest BCUT2D eigenvalue weighted by Gasteiger charge is -2.16. The Morgan fingerprint density at radius 3 is 1.71 bits per heavy atom. The van der Waals surface area contributed by atoms with Crippen molar-refractivity contribution in [3.05, 3.63) is 0 Å². The molecular formula is C19H36O10S2. The molecule has 31 heavy (non-hydrogen) atoms. The van der Waals surface area contributed by atoms with Crippen LogP contribution < -0.4 is 0 Å². The monoisotopic (exact) mass is 488 g/mol. The van der Waals surface area contributed by atoms with Crippen LogP contribution in [0.4, 0.5) is 0 Å². The van der Waals surface area contributed by atoms with Crippen molar-refractivity contribution in [2.45, 2.75) is 5.25 Å². The summed E-state index contributed by atoms with van der Waals surface area (Å²) in [6.07, 6.45) is 0. The standard InChI is InChI=1S/C19H36O10S2/c20-1-2-27-15-19(31-14-12-26-6-4-24-8-10-29-18-22)16-30-13-11-25-5-3-23-7-9-28-17-21/h17-20H,1-16H2. The van der Waals surface area contributed by atoms with Crippen LogP contribution >= 0.6 is 23.5 Å². The Morgan fingerprint density at radius 2 is 1.16 bits per heavy atom. The van der Waals surface area contributed by atoms with Crippen molar-refractivity contribution in [2.75, 3.05) is 103 Å². The summed E-state index contributed by atoms with van der Waals surface area (Å²) in [7, 11) is 0. The lowest BCUT2D eigenvalue weighted by Crippen LogP contribution is -2.19. The van der Waals surface area contributed by atoms with E-state index < -0.39 is 0 Å². The smallest absolute Gasteiger partial charge is 0.293 e. The zero-order valence-corrected chi connectivity index (χ0v) is 19.6. The molecule has 0 bridgehead atoms. The predicted molar refractivity (Wildman–Crippen MR) is 119 cm³/mol. The molecule has 0 spiro atoms. The first kappa shape index (κ1) is 30.4. The Morgan fingerprint density at radius 1 is 0.645 bits per heavy atom. The highest BCUT2D eigenvalue weighted by atomic mass is 32.2. The number of aliphatic hydroxyl groups is 1. The van der Waals surface area contributed by atoms with E-state index in [9.17, 15) is 9.59 Å². The van der Waals surface area contributed by atoms with E-state index in [1.807, 2.05) is 0 Å². The molecule has 0 aliphatic heterocycles. The summed E-state index contributed by atoms with van der Waals surface area (Å²) in [5.74, 6) is 2.62. The SMILES string of the molecule is O=COCCOCCOCCSCC(COCCO)SCCOCCOCCOC=O. The van der Waals surface area contributed by atoms with Gasteiger partial charge in [-0.3, -0.25) is 9.59 Å². The molecule has 0 rings (SSSR count). The van der Waals surface area contributed by atoms with Crippen LogP contribution in [0.25, 0.3) is 0 Å². The molecule has 0 aliphatic rings. The average molecular weight is 489 g/mol. The number of carbonyl (C=O) groups excluding carboxylic acids is 2. The Bertz CT molecular complexity index is 380. The minimum absolute atomic E-state index is 0.0166. The molecule has 10 nitrogen and oxygen atoms in total. The highest BCUT2D eigenvalue weighted by Gasteiger charge is 2.10. The first-order valence-electron chi connectivity index (χ1n) is 10.1. The first-order valence-corrected chi connectivity index (χ1v) is 12.3. The maximum atomic E-state index is 9.97. The second-order valence-corrected chi connectivity index (χ2v) is 8.31.